The number of amides is 1. The summed E-state index contributed by atoms with van der Waals surface area (Å²) in [5, 5.41) is 3.69. The number of ether oxygens (including phenoxy) is 2. The van der Waals surface area contributed by atoms with Crippen LogP contribution in [0.4, 0.5) is 4.79 Å². The van der Waals surface area contributed by atoms with Crippen molar-refractivity contribution in [1.82, 2.24) is 14.8 Å². The Morgan fingerprint density at radius 2 is 1.59 bits per heavy atom. The first-order valence-corrected chi connectivity index (χ1v) is 15.5. The predicted molar refractivity (Wildman–Crippen MR) is 162 cm³/mol. The monoisotopic (exact) mass is 579 g/mol. The molecule has 0 aromatic heterocycles. The molecule has 1 amide bonds. The third-order valence-electron chi connectivity index (χ3n) is 7.50. The van der Waals surface area contributed by atoms with Gasteiger partial charge in [-0.15, -0.1) is 0 Å². The van der Waals surface area contributed by atoms with Crippen LogP contribution in [-0.2, 0) is 26.9 Å². The Morgan fingerprint density at radius 3 is 2.22 bits per heavy atom. The minimum Gasteiger partial charge on any atom is -0.497 e. The second-order valence-corrected chi connectivity index (χ2v) is 13.2. The minimum absolute atomic E-state index is 0.145. The van der Waals surface area contributed by atoms with E-state index in [-0.39, 0.29) is 6.54 Å². The van der Waals surface area contributed by atoms with Crippen molar-refractivity contribution in [2.75, 3.05) is 13.7 Å². The quantitative estimate of drug-likeness (QED) is 0.285. The van der Waals surface area contributed by atoms with Crippen LogP contribution in [0.2, 0.25) is 0 Å². The lowest BCUT2D eigenvalue weighted by Gasteiger charge is -2.41. The Labute approximate surface area is 244 Å². The molecular weight excluding hydrogens is 538 g/mol. The minimum atomic E-state index is -4.12. The van der Waals surface area contributed by atoms with E-state index >= 15 is 0 Å². The van der Waals surface area contributed by atoms with E-state index in [1.54, 1.807) is 27.9 Å². The van der Waals surface area contributed by atoms with Crippen molar-refractivity contribution in [3.05, 3.63) is 90.0 Å². The van der Waals surface area contributed by atoms with E-state index in [4.69, 9.17) is 9.47 Å². The molecule has 0 atom stereocenters. The molecule has 4 rings (SSSR count). The van der Waals surface area contributed by atoms with Gasteiger partial charge in [0.1, 0.15) is 11.4 Å². The highest BCUT2D eigenvalue weighted by Gasteiger charge is 2.38. The fraction of sp³-hybridized carbons (Fsp3) is 0.406. The van der Waals surface area contributed by atoms with Gasteiger partial charge in [0.25, 0.3) is 0 Å². The maximum atomic E-state index is 12.7. The van der Waals surface area contributed by atoms with Gasteiger partial charge in [-0.1, -0.05) is 66.7 Å². The predicted octanol–water partition coefficient (Wildman–Crippen LogP) is 5.69. The van der Waals surface area contributed by atoms with Crippen molar-refractivity contribution in [3.8, 4) is 16.9 Å². The van der Waals surface area contributed by atoms with E-state index in [0.717, 1.165) is 43.5 Å². The van der Waals surface area contributed by atoms with E-state index < -0.39 is 27.3 Å². The molecule has 0 saturated heterocycles. The van der Waals surface area contributed by atoms with Crippen molar-refractivity contribution in [1.29, 1.82) is 0 Å². The number of rotatable bonds is 10. The Hall–Kier alpha value is -3.40. The van der Waals surface area contributed by atoms with Gasteiger partial charge in [0.05, 0.1) is 7.11 Å². The molecule has 1 aliphatic carbocycles. The Kier molecular flexibility index (Phi) is 9.73. The first-order valence-electron chi connectivity index (χ1n) is 14.0. The molecule has 1 aliphatic rings. The van der Waals surface area contributed by atoms with Gasteiger partial charge in [0.15, 0.2) is 0 Å². The highest BCUT2D eigenvalue weighted by atomic mass is 32.2. The molecule has 1 fully saturated rings. The van der Waals surface area contributed by atoms with Gasteiger partial charge in [0, 0.05) is 24.5 Å². The molecule has 9 heteroatoms. The zero-order valence-electron chi connectivity index (χ0n) is 24.3. The highest BCUT2D eigenvalue weighted by Crippen LogP contribution is 2.40. The summed E-state index contributed by atoms with van der Waals surface area (Å²) in [5.41, 5.74) is 3.36. The van der Waals surface area contributed by atoms with Crippen LogP contribution in [0.3, 0.4) is 0 Å². The molecule has 0 bridgehead atoms. The Balaban J connectivity index is 1.39. The van der Waals surface area contributed by atoms with Gasteiger partial charge in [-0.3, -0.25) is 0 Å². The molecule has 0 unspecified atom stereocenters. The molecule has 0 aliphatic heterocycles. The summed E-state index contributed by atoms with van der Waals surface area (Å²) in [6.07, 6.45) is 2.27. The van der Waals surface area contributed by atoms with Crippen molar-refractivity contribution < 1.29 is 22.7 Å². The molecular formula is C32H41N3O5S. The first-order chi connectivity index (χ1) is 19.5. The summed E-state index contributed by atoms with van der Waals surface area (Å²) in [6, 6.07) is 27.0. The number of hydrogen-bond acceptors (Lipinski definition) is 6. The van der Waals surface area contributed by atoms with Crippen LogP contribution in [0.25, 0.3) is 11.1 Å². The Bertz CT molecular complexity index is 1400. The molecule has 1 saturated carbocycles. The summed E-state index contributed by atoms with van der Waals surface area (Å²) >= 11 is 0. The molecule has 3 N–H and O–H groups in total. The van der Waals surface area contributed by atoms with Crippen LogP contribution in [0.5, 0.6) is 5.75 Å². The summed E-state index contributed by atoms with van der Waals surface area (Å²) in [4.78, 5) is 12.1. The number of methoxy groups -OCH3 is 1. The van der Waals surface area contributed by atoms with Gasteiger partial charge in [-0.25, -0.2) is 9.52 Å². The van der Waals surface area contributed by atoms with E-state index in [2.05, 4.69) is 46.4 Å². The maximum absolute atomic E-state index is 12.7. The van der Waals surface area contributed by atoms with Crippen molar-refractivity contribution in [2.45, 2.75) is 70.1 Å². The third kappa shape index (κ3) is 8.79. The molecule has 0 radical (unpaired) electrons. The van der Waals surface area contributed by atoms with Crippen LogP contribution >= 0.6 is 0 Å². The van der Waals surface area contributed by atoms with Crippen LogP contribution in [-0.4, -0.2) is 39.8 Å². The van der Waals surface area contributed by atoms with E-state index in [9.17, 15) is 13.2 Å². The van der Waals surface area contributed by atoms with Crippen LogP contribution in [0.1, 0.15) is 57.6 Å². The lowest BCUT2D eigenvalue weighted by atomic mass is 9.68. The smallest absolute Gasteiger partial charge is 0.422 e. The number of benzene rings is 3. The van der Waals surface area contributed by atoms with E-state index in [1.807, 2.05) is 47.2 Å². The highest BCUT2D eigenvalue weighted by molar-refractivity contribution is 7.88. The maximum Gasteiger partial charge on any atom is 0.422 e. The molecule has 3 aromatic rings. The lowest BCUT2D eigenvalue weighted by Crippen LogP contribution is -2.50. The summed E-state index contributed by atoms with van der Waals surface area (Å²) < 4.78 is 40.6. The number of carbonyl (C=O) groups excluding carboxylic acids is 1. The van der Waals surface area contributed by atoms with Crippen molar-refractivity contribution in [3.63, 3.8) is 0 Å². The fourth-order valence-corrected chi connectivity index (χ4v) is 6.08. The van der Waals surface area contributed by atoms with Crippen LogP contribution in [0.15, 0.2) is 78.9 Å². The topological polar surface area (TPSA) is 106 Å². The zero-order chi connectivity index (χ0) is 29.5. The third-order valence-corrected chi connectivity index (χ3v) is 8.46. The molecule has 41 heavy (non-hydrogen) atoms. The second-order valence-electron chi connectivity index (χ2n) is 11.7. The molecule has 0 spiro atoms. The number of hydrogen-bond donors (Lipinski definition) is 3. The van der Waals surface area contributed by atoms with Gasteiger partial charge >= 0.3 is 16.3 Å². The molecule has 0 heterocycles. The van der Waals surface area contributed by atoms with Crippen LogP contribution in [0, 0.1) is 0 Å². The molecule has 220 valence electrons. The molecule has 8 nitrogen and oxygen atoms in total. The Morgan fingerprint density at radius 1 is 0.927 bits per heavy atom. The average molecular weight is 580 g/mol. The van der Waals surface area contributed by atoms with Crippen molar-refractivity contribution >= 4 is 16.3 Å². The van der Waals surface area contributed by atoms with Gasteiger partial charge < -0.3 is 14.8 Å². The summed E-state index contributed by atoms with van der Waals surface area (Å²) in [6.45, 7) is 5.94. The zero-order valence-corrected chi connectivity index (χ0v) is 25.1. The van der Waals surface area contributed by atoms with Gasteiger partial charge in [-0.2, -0.15) is 13.1 Å². The second kappa shape index (κ2) is 13.1. The van der Waals surface area contributed by atoms with Gasteiger partial charge in [0.2, 0.25) is 0 Å². The van der Waals surface area contributed by atoms with E-state index in [0.29, 0.717) is 6.04 Å². The fourth-order valence-electron chi connectivity index (χ4n) is 5.28. The standard InChI is InChI=1S/C32H41N3O5S/c1-31(2,3)40-30(36)35-41(37,38)34-23-32(27-11-8-12-29(21-27)39-4)19-17-28(18-20-32)33-22-24-13-15-26(16-14-24)25-9-6-5-7-10-25/h5-16,21,28,33-34H,17-20,22-23H2,1-4H3,(H,35,36). The van der Waals surface area contributed by atoms with Gasteiger partial charge in [-0.05, 0) is 80.8 Å². The van der Waals surface area contributed by atoms with Crippen LogP contribution < -0.4 is 19.5 Å². The molecule has 3 aromatic carbocycles. The number of nitrogens with one attached hydrogen (secondary N) is 3. The lowest BCUT2D eigenvalue weighted by molar-refractivity contribution is 0.0569. The van der Waals surface area contributed by atoms with E-state index in [1.165, 1.54) is 16.7 Å². The summed E-state index contributed by atoms with van der Waals surface area (Å²) in [7, 11) is -2.50. The largest absolute Gasteiger partial charge is 0.497 e. The van der Waals surface area contributed by atoms with Crippen molar-refractivity contribution in [2.24, 2.45) is 0 Å². The normalized spacial score (nSPS) is 19.4. The first kappa shape index (κ1) is 30.6. The average Bonchev–Trinajstić information content (AvgIpc) is 2.95. The summed E-state index contributed by atoms with van der Waals surface area (Å²) in [5.74, 6) is 0.718. The number of carbonyl (C=O) groups is 1. The SMILES string of the molecule is COc1cccc(C2(CNS(=O)(=O)NC(=O)OC(C)(C)C)CCC(NCc3ccc(-c4ccccc4)cc3)CC2)c1.